The van der Waals surface area contributed by atoms with Crippen LogP contribution in [0.3, 0.4) is 0 Å². The van der Waals surface area contributed by atoms with Gasteiger partial charge in [0.05, 0.1) is 6.07 Å². The molecule has 58 valence electrons. The highest BCUT2D eigenvalue weighted by Crippen LogP contribution is 1.93. The fourth-order valence-electron chi connectivity index (χ4n) is 0.241. The molecule has 1 atom stereocenters. The molecule has 12 heavy (non-hydrogen) atoms. The molecule has 3 nitrogen and oxygen atoms in total. The monoisotopic (exact) mass is 163 g/mol. The second-order valence-electron chi connectivity index (χ2n) is 1.47. The molecule has 0 aliphatic rings. The van der Waals surface area contributed by atoms with Crippen LogP contribution in [0.1, 0.15) is 0 Å². The highest BCUT2D eigenvalue weighted by molar-refractivity contribution is 5.76. The molecule has 1 unspecified atom stereocenters. The van der Waals surface area contributed by atoms with Crippen molar-refractivity contribution in [2.45, 2.75) is 0 Å². The van der Waals surface area contributed by atoms with Gasteiger partial charge in [-0.15, -0.1) is 4.39 Å². The zero-order valence-electron chi connectivity index (χ0n) is 5.80. The van der Waals surface area contributed by atoms with Gasteiger partial charge < -0.3 is 4.74 Å². The van der Waals surface area contributed by atoms with E-state index in [1.807, 2.05) is 5.92 Å². The number of nitrogens with zero attached hydrogens (tertiary/aromatic N) is 1. The number of hydrogen-bond donors (Lipinski definition) is 0. The molecule has 4 heteroatoms. The van der Waals surface area contributed by atoms with E-state index in [4.69, 9.17) is 12.2 Å². The first-order valence-corrected chi connectivity index (χ1v) is 2.69. The highest BCUT2D eigenvalue weighted by atomic mass is 19.1. The predicted molar refractivity (Wildman–Crippen MR) is 36.2 cm³/mol. The molecule has 0 aromatic rings. The molecule has 0 spiro atoms. The maximum Gasteiger partial charge on any atom is 0.337 e. The van der Waals surface area contributed by atoms with Crippen LogP contribution in [0.5, 0.6) is 0 Å². The molecule has 0 aliphatic carbocycles. The summed E-state index contributed by atoms with van der Waals surface area (Å²) >= 11 is 0. The van der Waals surface area contributed by atoms with Gasteiger partial charge in [0.15, 0.2) is 0 Å². The lowest BCUT2D eigenvalue weighted by Gasteiger charge is -1.93. The van der Waals surface area contributed by atoms with Gasteiger partial charge in [-0.25, -0.2) is 4.79 Å². The molecule has 0 amide bonds. The summed E-state index contributed by atoms with van der Waals surface area (Å²) in [5.74, 6) is 1.16. The lowest BCUT2D eigenvalue weighted by Crippen LogP contribution is -2.09. The number of carbonyl (C=O) groups excluding carboxylic acids is 1. The topological polar surface area (TPSA) is 50.1 Å². The Kier molecular flexibility index (Phi) is 4.81. The maximum absolute atomic E-state index is 11.1. The maximum atomic E-state index is 11.1. The molecule has 2 radical (unpaired) electrons. The Hall–Kier alpha value is -1.99. The number of hydrogen-bond acceptors (Lipinski definition) is 3. The molecule has 0 aromatic carbocycles. The largest absolute Gasteiger partial charge is 0.370 e. The average Bonchev–Trinajstić information content (AvgIpc) is 2.10. The summed E-state index contributed by atoms with van der Waals surface area (Å²) in [5.41, 5.74) is 0. The molecule has 0 saturated carbocycles. The van der Waals surface area contributed by atoms with Crippen LogP contribution in [0, 0.1) is 48.3 Å². The number of esters is 1. The number of halogens is 1. The Morgan fingerprint density at radius 3 is 2.75 bits per heavy atom. The van der Waals surface area contributed by atoms with E-state index in [0.29, 0.717) is 0 Å². The number of ether oxygens (including phenoxy) is 1. The molecule has 0 rings (SSSR count). The van der Waals surface area contributed by atoms with Crippen LogP contribution in [0.2, 0.25) is 0 Å². The molecule has 0 saturated heterocycles. The van der Waals surface area contributed by atoms with Crippen molar-refractivity contribution >= 4 is 5.97 Å². The van der Waals surface area contributed by atoms with Gasteiger partial charge in [0, 0.05) is 11.8 Å². The summed E-state index contributed by atoms with van der Waals surface area (Å²) in [4.78, 5) is 10.5. The quantitative estimate of drug-likeness (QED) is 0.412. The summed E-state index contributed by atoms with van der Waals surface area (Å²) in [6, 6.07) is 1.43. The zero-order chi connectivity index (χ0) is 9.40. The number of nitriles is 1. The van der Waals surface area contributed by atoms with Crippen molar-refractivity contribution in [3.63, 3.8) is 0 Å². The first-order chi connectivity index (χ1) is 5.72. The zero-order valence-corrected chi connectivity index (χ0v) is 5.80. The molecule has 0 aromatic heterocycles. The highest BCUT2D eigenvalue weighted by Gasteiger charge is 2.12. The van der Waals surface area contributed by atoms with Crippen LogP contribution in [-0.4, -0.2) is 5.97 Å². The molecular formula is C8H2FNO2. The van der Waals surface area contributed by atoms with E-state index >= 15 is 0 Å². The van der Waals surface area contributed by atoms with E-state index in [-0.39, 0.29) is 0 Å². The van der Waals surface area contributed by atoms with Crippen molar-refractivity contribution in [1.82, 2.24) is 0 Å². The summed E-state index contributed by atoms with van der Waals surface area (Å²) < 4.78 is 15.1. The van der Waals surface area contributed by atoms with Gasteiger partial charge in [-0.3, -0.25) is 0 Å². The van der Waals surface area contributed by atoms with Crippen LogP contribution < -0.4 is 0 Å². The summed E-state index contributed by atoms with van der Waals surface area (Å²) in [7, 11) is 0. The van der Waals surface area contributed by atoms with Crippen LogP contribution >= 0.6 is 0 Å². The molecule has 0 N–H and O–H groups in total. The molecule has 0 aliphatic heterocycles. The van der Waals surface area contributed by atoms with Gasteiger partial charge in [-0.2, -0.15) is 5.26 Å². The molecule has 0 bridgehead atoms. The van der Waals surface area contributed by atoms with Crippen LogP contribution in [0.4, 0.5) is 4.39 Å². The second kappa shape index (κ2) is 5.77. The van der Waals surface area contributed by atoms with E-state index < -0.39 is 11.9 Å². The standard InChI is InChI=1S/C8H2FNO2/c1-7(6-10)8(11)12-5-3-2-4-9/h1,7H. The van der Waals surface area contributed by atoms with Crippen molar-refractivity contribution in [3.05, 3.63) is 6.92 Å². The summed E-state index contributed by atoms with van der Waals surface area (Å²) in [6.07, 6.45) is 2.73. The van der Waals surface area contributed by atoms with Crippen LogP contribution in [-0.2, 0) is 9.53 Å². The van der Waals surface area contributed by atoms with Crippen molar-refractivity contribution in [2.24, 2.45) is 5.92 Å². The minimum Gasteiger partial charge on any atom is -0.370 e. The number of carbonyl (C=O) groups is 1. The van der Waals surface area contributed by atoms with Gasteiger partial charge in [0.25, 0.3) is 0 Å². The Labute approximate surface area is 69.1 Å². The third-order valence-electron chi connectivity index (χ3n) is 0.705. The molecule has 0 heterocycles. The van der Waals surface area contributed by atoms with Gasteiger partial charge in [0.1, 0.15) is 18.2 Å². The predicted octanol–water partition coefficient (Wildman–Crippen LogP) is 0.272. The van der Waals surface area contributed by atoms with E-state index in [0.717, 1.165) is 6.17 Å². The lowest BCUT2D eigenvalue weighted by molar-refractivity contribution is -0.138. The van der Waals surface area contributed by atoms with E-state index in [9.17, 15) is 9.18 Å². The second-order valence-corrected chi connectivity index (χ2v) is 1.47. The normalized spacial score (nSPS) is 9.08. The van der Waals surface area contributed by atoms with Crippen LogP contribution in [0.15, 0.2) is 0 Å². The van der Waals surface area contributed by atoms with E-state index in [1.165, 1.54) is 6.07 Å². The van der Waals surface area contributed by atoms with Gasteiger partial charge in [0.2, 0.25) is 0 Å². The van der Waals surface area contributed by atoms with Crippen LogP contribution in [0.25, 0.3) is 0 Å². The summed E-state index contributed by atoms with van der Waals surface area (Å²) in [5, 5.41) is 8.10. The number of rotatable bonds is 1. The lowest BCUT2D eigenvalue weighted by atomic mass is 10.2. The Bertz CT molecular complexity index is 321. The van der Waals surface area contributed by atoms with E-state index in [1.54, 1.807) is 12.0 Å². The Morgan fingerprint density at radius 1 is 1.58 bits per heavy atom. The smallest absolute Gasteiger partial charge is 0.337 e. The third kappa shape index (κ3) is 3.93. The van der Waals surface area contributed by atoms with E-state index in [2.05, 4.69) is 4.74 Å². The van der Waals surface area contributed by atoms with Crippen molar-refractivity contribution < 1.29 is 13.9 Å². The summed E-state index contributed by atoms with van der Waals surface area (Å²) in [6.45, 7) is 4.92. The van der Waals surface area contributed by atoms with Gasteiger partial charge in [-0.05, 0) is 6.92 Å². The fourth-order valence-corrected chi connectivity index (χ4v) is 0.241. The average molecular weight is 163 g/mol. The minimum absolute atomic E-state index is 0.973. The first-order valence-electron chi connectivity index (χ1n) is 2.69. The minimum atomic E-state index is -1.38. The molecule has 0 fully saturated rings. The van der Waals surface area contributed by atoms with Gasteiger partial charge >= 0.3 is 5.97 Å². The Balaban J connectivity index is 3.97. The SMILES string of the molecule is [CH]C(C#N)C(=O)OC#CC#CF. The van der Waals surface area contributed by atoms with Crippen molar-refractivity contribution in [1.29, 1.82) is 5.26 Å². The van der Waals surface area contributed by atoms with Gasteiger partial charge in [-0.1, -0.05) is 0 Å². The van der Waals surface area contributed by atoms with Crippen molar-refractivity contribution in [2.75, 3.05) is 0 Å². The fraction of sp³-hybridized carbons (Fsp3) is 0.125. The third-order valence-corrected chi connectivity index (χ3v) is 0.705. The van der Waals surface area contributed by atoms with Crippen molar-refractivity contribution in [3.8, 4) is 30.2 Å². The first kappa shape index (κ1) is 10.0. The Morgan fingerprint density at radius 2 is 2.25 bits per heavy atom. The molecular weight excluding hydrogens is 161 g/mol.